The van der Waals surface area contributed by atoms with Crippen molar-refractivity contribution < 1.29 is 27.1 Å². The average Bonchev–Trinajstić information content (AvgIpc) is 3.50. The maximum Gasteiger partial charge on any atom is 0.410 e. The number of sulfone groups is 1. The Bertz CT molecular complexity index is 1400. The van der Waals surface area contributed by atoms with Gasteiger partial charge < -0.3 is 18.8 Å². The van der Waals surface area contributed by atoms with Crippen LogP contribution < -0.4 is 9.64 Å². The lowest BCUT2D eigenvalue weighted by atomic mass is 9.88. The highest BCUT2D eigenvalue weighted by atomic mass is 32.2. The summed E-state index contributed by atoms with van der Waals surface area (Å²) in [5.74, 6) is 0.840. The van der Waals surface area contributed by atoms with Crippen molar-refractivity contribution in [3.05, 3.63) is 23.7 Å². The minimum absolute atomic E-state index is 0.0435. The van der Waals surface area contributed by atoms with Crippen LogP contribution in [0.1, 0.15) is 40.0 Å². The van der Waals surface area contributed by atoms with Crippen LogP contribution in [0, 0.1) is 0 Å². The van der Waals surface area contributed by atoms with Crippen molar-refractivity contribution in [1.29, 1.82) is 0 Å². The highest BCUT2D eigenvalue weighted by Crippen LogP contribution is 2.41. The Morgan fingerprint density at radius 2 is 1.89 bits per heavy atom. The number of rotatable bonds is 4. The van der Waals surface area contributed by atoms with Crippen LogP contribution in [-0.2, 0) is 14.6 Å². The highest BCUT2D eigenvalue weighted by molar-refractivity contribution is 7.91. The second-order valence-corrected chi connectivity index (χ2v) is 14.1. The minimum Gasteiger partial charge on any atom is -0.488 e. The van der Waals surface area contributed by atoms with Crippen molar-refractivity contribution in [2.75, 3.05) is 29.5 Å². The minimum atomic E-state index is -2.98. The molecule has 7 rings (SSSR count). The molecule has 12 heteroatoms. The van der Waals surface area contributed by atoms with Gasteiger partial charge in [-0.05, 0) is 52.2 Å². The number of hydrogen-bond acceptors (Lipinski definition) is 10. The first kappa shape index (κ1) is 24.5. The van der Waals surface area contributed by atoms with Gasteiger partial charge in [0.1, 0.15) is 22.5 Å². The molecule has 1 aromatic carbocycles. The first-order valence-electron chi connectivity index (χ1n) is 12.5. The van der Waals surface area contributed by atoms with Crippen molar-refractivity contribution in [2.24, 2.45) is 0 Å². The Hall–Kier alpha value is -2.86. The molecular formula is C25H30N4O6S2. The van der Waals surface area contributed by atoms with Crippen LogP contribution in [0.25, 0.3) is 21.7 Å². The van der Waals surface area contributed by atoms with Crippen LogP contribution in [0.4, 0.5) is 10.8 Å². The van der Waals surface area contributed by atoms with E-state index in [1.807, 2.05) is 43.2 Å². The van der Waals surface area contributed by atoms with Gasteiger partial charge in [-0.1, -0.05) is 0 Å². The molecule has 4 aliphatic heterocycles. The van der Waals surface area contributed by atoms with Crippen molar-refractivity contribution in [1.82, 2.24) is 14.9 Å². The Labute approximate surface area is 219 Å². The molecule has 0 N–H and O–H groups in total. The van der Waals surface area contributed by atoms with E-state index in [9.17, 15) is 13.2 Å². The van der Waals surface area contributed by atoms with Gasteiger partial charge in [-0.3, -0.25) is 4.90 Å². The zero-order chi connectivity index (χ0) is 25.9. The van der Waals surface area contributed by atoms with Crippen LogP contribution in [0.3, 0.4) is 0 Å². The third-order valence-electron chi connectivity index (χ3n) is 7.02. The quantitative estimate of drug-likeness (QED) is 0.477. The number of piperazine rings is 1. The molecule has 2 unspecified atom stereocenters. The lowest BCUT2D eigenvalue weighted by Crippen LogP contribution is -2.70. The monoisotopic (exact) mass is 546 g/mol. The number of anilines is 1. The maximum absolute atomic E-state index is 12.7. The summed E-state index contributed by atoms with van der Waals surface area (Å²) in [5, 5.41) is 2.73. The second-order valence-electron chi connectivity index (χ2n) is 10.9. The molecule has 0 saturated carbocycles. The summed E-state index contributed by atoms with van der Waals surface area (Å²) in [5.41, 5.74) is 1.49. The molecule has 6 heterocycles. The largest absolute Gasteiger partial charge is 0.488 e. The van der Waals surface area contributed by atoms with Crippen molar-refractivity contribution in [2.45, 2.75) is 63.8 Å². The van der Waals surface area contributed by atoms with E-state index in [2.05, 4.69) is 9.88 Å². The smallest absolute Gasteiger partial charge is 0.410 e. The lowest BCUT2D eigenvalue weighted by molar-refractivity contribution is -0.0386. The molecule has 0 aliphatic carbocycles. The molecule has 37 heavy (non-hydrogen) atoms. The average molecular weight is 547 g/mol. The number of oxazole rings is 1. The van der Waals surface area contributed by atoms with Gasteiger partial charge in [-0.25, -0.2) is 18.2 Å². The first-order valence-corrected chi connectivity index (χ1v) is 15.2. The number of piperidine rings is 1. The van der Waals surface area contributed by atoms with Gasteiger partial charge >= 0.3 is 6.09 Å². The molecule has 4 saturated heterocycles. The second kappa shape index (κ2) is 8.87. The van der Waals surface area contributed by atoms with Gasteiger partial charge in [0.15, 0.2) is 20.9 Å². The van der Waals surface area contributed by atoms with Crippen LogP contribution >= 0.6 is 11.3 Å². The van der Waals surface area contributed by atoms with Gasteiger partial charge in [0.25, 0.3) is 6.01 Å². The van der Waals surface area contributed by atoms with Gasteiger partial charge in [-0.15, -0.1) is 11.3 Å². The topological polar surface area (TPSA) is 115 Å². The number of carbonyl (C=O) groups is 1. The SMILES string of the molecule is CC(C)(C)OC(=O)N1C2CC1CN(c1nc3c(OC4CCS(=O)(=O)CC4)ccc(-c4nccs4)c3o1)C2. The molecule has 10 nitrogen and oxygen atoms in total. The summed E-state index contributed by atoms with van der Waals surface area (Å²) in [6.45, 7) is 6.82. The number of hydrogen-bond donors (Lipinski definition) is 0. The van der Waals surface area contributed by atoms with Gasteiger partial charge in [0.05, 0.1) is 29.2 Å². The molecule has 2 aromatic heterocycles. The molecule has 3 aromatic rings. The standard InChI is InChI=1S/C25H30N4O6S2/c1-25(2,3)35-24(30)29-15-12-16(29)14-28(13-15)23-27-20-19(33-17-6-10-37(31,32)11-7-17)5-4-18(21(20)34-23)22-26-8-9-36-22/h4-5,8-9,15-17H,6-7,10-14H2,1-3H3. The Kier molecular flexibility index (Phi) is 5.86. The number of nitrogens with zero attached hydrogens (tertiary/aromatic N) is 4. The van der Waals surface area contributed by atoms with E-state index >= 15 is 0 Å². The molecule has 4 fully saturated rings. The molecular weight excluding hydrogens is 516 g/mol. The van der Waals surface area contributed by atoms with Crippen LogP contribution in [0.2, 0.25) is 0 Å². The summed E-state index contributed by atoms with van der Waals surface area (Å²) < 4.78 is 41.9. The number of thiazole rings is 1. The molecule has 2 atom stereocenters. The van der Waals surface area contributed by atoms with Crippen molar-refractivity contribution >= 4 is 44.4 Å². The summed E-state index contributed by atoms with van der Waals surface area (Å²) in [4.78, 5) is 25.9. The van der Waals surface area contributed by atoms with E-state index < -0.39 is 15.4 Å². The normalized spacial score (nSPS) is 23.6. The van der Waals surface area contributed by atoms with E-state index in [4.69, 9.17) is 18.9 Å². The highest BCUT2D eigenvalue weighted by Gasteiger charge is 2.49. The Morgan fingerprint density at radius 1 is 1.16 bits per heavy atom. The number of amides is 1. The maximum atomic E-state index is 12.7. The molecule has 198 valence electrons. The lowest BCUT2D eigenvalue weighted by Gasteiger charge is -2.55. The number of fused-ring (bicyclic) bond motifs is 3. The van der Waals surface area contributed by atoms with E-state index in [1.54, 1.807) is 6.20 Å². The van der Waals surface area contributed by atoms with Crippen molar-refractivity contribution in [3.8, 4) is 16.3 Å². The number of aromatic nitrogens is 2. The van der Waals surface area contributed by atoms with Crippen molar-refractivity contribution in [3.63, 3.8) is 0 Å². The van der Waals surface area contributed by atoms with Gasteiger partial charge in [-0.2, -0.15) is 4.98 Å². The fourth-order valence-electron chi connectivity index (χ4n) is 5.27. The molecule has 4 aliphatic rings. The fraction of sp³-hybridized carbons (Fsp3) is 0.560. The number of benzene rings is 1. The third-order valence-corrected chi connectivity index (χ3v) is 9.54. The van der Waals surface area contributed by atoms with E-state index in [1.165, 1.54) is 11.3 Å². The zero-order valence-corrected chi connectivity index (χ0v) is 22.7. The predicted molar refractivity (Wildman–Crippen MR) is 140 cm³/mol. The number of carbonyl (C=O) groups excluding carboxylic acids is 1. The first-order chi connectivity index (χ1) is 17.6. The third kappa shape index (κ3) is 4.76. The van der Waals surface area contributed by atoms with E-state index in [0.717, 1.165) is 17.0 Å². The van der Waals surface area contributed by atoms with Crippen LogP contribution in [0.5, 0.6) is 5.75 Å². The van der Waals surface area contributed by atoms with Crippen LogP contribution in [-0.4, -0.2) is 77.8 Å². The van der Waals surface area contributed by atoms with Gasteiger partial charge in [0.2, 0.25) is 0 Å². The molecule has 0 radical (unpaired) electrons. The summed E-state index contributed by atoms with van der Waals surface area (Å²) in [6.07, 6.45) is 3.13. The summed E-state index contributed by atoms with van der Waals surface area (Å²) in [7, 11) is -2.98. The zero-order valence-electron chi connectivity index (χ0n) is 21.0. The molecule has 0 spiro atoms. The van der Waals surface area contributed by atoms with Crippen LogP contribution in [0.15, 0.2) is 28.1 Å². The van der Waals surface area contributed by atoms with E-state index in [-0.39, 0.29) is 35.8 Å². The van der Waals surface area contributed by atoms with Gasteiger partial charge in [0, 0.05) is 24.7 Å². The number of ether oxygens (including phenoxy) is 2. The Balaban J connectivity index is 1.27. The Morgan fingerprint density at radius 3 is 2.54 bits per heavy atom. The molecule has 2 bridgehead atoms. The molecule has 1 amide bonds. The van der Waals surface area contributed by atoms with E-state index in [0.29, 0.717) is 48.8 Å². The fourth-order valence-corrected chi connectivity index (χ4v) is 7.38. The predicted octanol–water partition coefficient (Wildman–Crippen LogP) is 4.11. The summed E-state index contributed by atoms with van der Waals surface area (Å²) >= 11 is 1.51. The summed E-state index contributed by atoms with van der Waals surface area (Å²) in [6, 6.07) is 4.35.